The van der Waals surface area contributed by atoms with E-state index < -0.39 is 11.8 Å². The first kappa shape index (κ1) is 16.4. The third-order valence-corrected chi connectivity index (χ3v) is 3.70. The van der Waals surface area contributed by atoms with Crippen LogP contribution in [0, 0.1) is 0 Å². The second-order valence-electron chi connectivity index (χ2n) is 4.51. The third kappa shape index (κ3) is 4.48. The SMILES string of the molecule is C/C(=N\NC(=O)C(N)=O)c1cccc(NC(=O)c2cccs2)c1. The van der Waals surface area contributed by atoms with Crippen LogP contribution in [0.15, 0.2) is 46.9 Å². The number of hydrogen-bond acceptors (Lipinski definition) is 5. The molecule has 2 aromatic rings. The summed E-state index contributed by atoms with van der Waals surface area (Å²) in [5.74, 6) is -2.31. The number of carbonyl (C=O) groups excluding carboxylic acids is 3. The van der Waals surface area contributed by atoms with Crippen LogP contribution in [0.3, 0.4) is 0 Å². The Labute approximate surface area is 136 Å². The Morgan fingerprint density at radius 3 is 2.61 bits per heavy atom. The molecule has 0 unspecified atom stereocenters. The number of carbonyl (C=O) groups is 3. The average Bonchev–Trinajstić information content (AvgIpc) is 3.07. The molecule has 0 aliphatic carbocycles. The first-order valence-electron chi connectivity index (χ1n) is 6.56. The Bertz CT molecular complexity index is 769. The van der Waals surface area contributed by atoms with Gasteiger partial charge in [-0.15, -0.1) is 11.3 Å². The van der Waals surface area contributed by atoms with Gasteiger partial charge in [0.15, 0.2) is 0 Å². The molecule has 0 fully saturated rings. The van der Waals surface area contributed by atoms with Gasteiger partial charge in [-0.2, -0.15) is 5.10 Å². The van der Waals surface area contributed by atoms with Gasteiger partial charge in [0.05, 0.1) is 10.6 Å². The molecule has 1 aromatic carbocycles. The summed E-state index contributed by atoms with van der Waals surface area (Å²) >= 11 is 1.35. The van der Waals surface area contributed by atoms with E-state index in [0.717, 1.165) is 0 Å². The lowest BCUT2D eigenvalue weighted by atomic mass is 10.1. The van der Waals surface area contributed by atoms with Crippen LogP contribution in [0.5, 0.6) is 0 Å². The summed E-state index contributed by atoms with van der Waals surface area (Å²) in [5.41, 5.74) is 8.61. The summed E-state index contributed by atoms with van der Waals surface area (Å²) < 4.78 is 0. The van der Waals surface area contributed by atoms with Crippen molar-refractivity contribution in [3.05, 3.63) is 52.2 Å². The standard InChI is InChI=1S/C15H14N4O3S/c1-9(18-19-15(22)13(16)20)10-4-2-5-11(8-10)17-14(21)12-6-3-7-23-12/h2-8H,1H3,(H2,16,20)(H,17,21)(H,19,22)/b18-9+. The van der Waals surface area contributed by atoms with Gasteiger partial charge in [0.25, 0.3) is 5.91 Å². The molecule has 0 saturated heterocycles. The molecule has 0 aliphatic heterocycles. The van der Waals surface area contributed by atoms with Crippen LogP contribution in [0.25, 0.3) is 0 Å². The highest BCUT2D eigenvalue weighted by molar-refractivity contribution is 7.12. The predicted molar refractivity (Wildman–Crippen MR) is 88.3 cm³/mol. The van der Waals surface area contributed by atoms with E-state index in [1.165, 1.54) is 11.3 Å². The molecule has 3 amide bonds. The minimum absolute atomic E-state index is 0.200. The van der Waals surface area contributed by atoms with Gasteiger partial charge in [0.2, 0.25) is 0 Å². The third-order valence-electron chi connectivity index (χ3n) is 2.83. The lowest BCUT2D eigenvalue weighted by Crippen LogP contribution is -2.33. The molecule has 0 atom stereocenters. The molecule has 1 aromatic heterocycles. The highest BCUT2D eigenvalue weighted by Crippen LogP contribution is 2.15. The smallest absolute Gasteiger partial charge is 0.329 e. The summed E-state index contributed by atoms with van der Waals surface area (Å²) in [5, 5.41) is 8.39. The largest absolute Gasteiger partial charge is 0.361 e. The maximum atomic E-state index is 12.0. The molecule has 0 spiro atoms. The van der Waals surface area contributed by atoms with Crippen molar-refractivity contribution >= 4 is 40.5 Å². The number of anilines is 1. The molecule has 0 aliphatic rings. The van der Waals surface area contributed by atoms with Crippen molar-refractivity contribution in [1.29, 1.82) is 0 Å². The number of amides is 3. The second kappa shape index (κ2) is 7.32. The van der Waals surface area contributed by atoms with Crippen LogP contribution in [-0.2, 0) is 9.59 Å². The fraction of sp³-hybridized carbons (Fsp3) is 0.0667. The number of hydrazone groups is 1. The predicted octanol–water partition coefficient (Wildman–Crippen LogP) is 1.33. The van der Waals surface area contributed by atoms with E-state index in [-0.39, 0.29) is 5.91 Å². The van der Waals surface area contributed by atoms with Gasteiger partial charge in [-0.25, -0.2) is 5.43 Å². The summed E-state index contributed by atoms with van der Waals surface area (Å²) in [6, 6.07) is 10.5. The van der Waals surface area contributed by atoms with Crippen molar-refractivity contribution in [2.45, 2.75) is 6.92 Å². The minimum atomic E-state index is -1.11. The van der Waals surface area contributed by atoms with Gasteiger partial charge in [-0.05, 0) is 36.1 Å². The Balaban J connectivity index is 2.10. The normalized spacial score (nSPS) is 10.9. The monoisotopic (exact) mass is 330 g/mol. The van der Waals surface area contributed by atoms with Gasteiger partial charge < -0.3 is 11.1 Å². The van der Waals surface area contributed by atoms with Crippen LogP contribution in [0.2, 0.25) is 0 Å². The van der Waals surface area contributed by atoms with E-state index in [4.69, 9.17) is 5.73 Å². The van der Waals surface area contributed by atoms with Crippen molar-refractivity contribution in [1.82, 2.24) is 5.43 Å². The Morgan fingerprint density at radius 2 is 1.96 bits per heavy atom. The molecule has 4 N–H and O–H groups in total. The number of benzene rings is 1. The zero-order valence-electron chi connectivity index (χ0n) is 12.2. The van der Waals surface area contributed by atoms with Crippen molar-refractivity contribution in [2.24, 2.45) is 10.8 Å². The maximum absolute atomic E-state index is 12.0. The summed E-state index contributed by atoms with van der Waals surface area (Å²) in [7, 11) is 0. The number of nitrogens with zero attached hydrogens (tertiary/aromatic N) is 1. The van der Waals surface area contributed by atoms with Gasteiger partial charge >= 0.3 is 11.8 Å². The van der Waals surface area contributed by atoms with Crippen LogP contribution < -0.4 is 16.5 Å². The van der Waals surface area contributed by atoms with E-state index in [1.54, 1.807) is 43.3 Å². The topological polar surface area (TPSA) is 114 Å². The van der Waals surface area contributed by atoms with Crippen LogP contribution >= 0.6 is 11.3 Å². The quantitative estimate of drug-likeness (QED) is 0.446. The number of nitrogens with two attached hydrogens (primary N) is 1. The molecule has 1 heterocycles. The molecular formula is C15H14N4O3S. The number of nitrogens with one attached hydrogen (secondary N) is 2. The highest BCUT2D eigenvalue weighted by Gasteiger charge is 2.09. The van der Waals surface area contributed by atoms with Crippen LogP contribution in [-0.4, -0.2) is 23.4 Å². The van der Waals surface area contributed by atoms with E-state index in [1.807, 2.05) is 5.38 Å². The molecule has 0 saturated carbocycles. The molecule has 7 nitrogen and oxygen atoms in total. The van der Waals surface area contributed by atoms with E-state index >= 15 is 0 Å². The summed E-state index contributed by atoms with van der Waals surface area (Å²) in [6.07, 6.45) is 0. The highest BCUT2D eigenvalue weighted by atomic mass is 32.1. The van der Waals surface area contributed by atoms with Crippen LogP contribution in [0.4, 0.5) is 5.69 Å². The van der Waals surface area contributed by atoms with Gasteiger partial charge in [-0.3, -0.25) is 14.4 Å². The van der Waals surface area contributed by atoms with Gasteiger partial charge in [-0.1, -0.05) is 18.2 Å². The van der Waals surface area contributed by atoms with E-state index in [9.17, 15) is 14.4 Å². The van der Waals surface area contributed by atoms with Crippen molar-refractivity contribution in [2.75, 3.05) is 5.32 Å². The summed E-state index contributed by atoms with van der Waals surface area (Å²) in [4.78, 5) is 34.3. The number of primary amides is 1. The van der Waals surface area contributed by atoms with E-state index in [0.29, 0.717) is 21.8 Å². The fourth-order valence-electron chi connectivity index (χ4n) is 1.68. The lowest BCUT2D eigenvalue weighted by Gasteiger charge is -2.06. The van der Waals surface area contributed by atoms with E-state index in [2.05, 4.69) is 15.8 Å². The minimum Gasteiger partial charge on any atom is -0.361 e. The molecule has 2 rings (SSSR count). The fourth-order valence-corrected chi connectivity index (χ4v) is 2.30. The average molecular weight is 330 g/mol. The molecule has 8 heteroatoms. The number of rotatable bonds is 4. The molecular weight excluding hydrogens is 316 g/mol. The van der Waals surface area contributed by atoms with Gasteiger partial charge in [0.1, 0.15) is 0 Å². The Hall–Kier alpha value is -3.00. The molecule has 0 bridgehead atoms. The number of hydrogen-bond donors (Lipinski definition) is 3. The second-order valence-corrected chi connectivity index (χ2v) is 5.46. The van der Waals surface area contributed by atoms with Crippen LogP contribution in [0.1, 0.15) is 22.2 Å². The zero-order chi connectivity index (χ0) is 16.8. The van der Waals surface area contributed by atoms with Gasteiger partial charge in [0, 0.05) is 5.69 Å². The lowest BCUT2D eigenvalue weighted by molar-refractivity contribution is -0.137. The molecule has 23 heavy (non-hydrogen) atoms. The molecule has 118 valence electrons. The Morgan fingerprint density at radius 1 is 1.17 bits per heavy atom. The number of thiophene rings is 1. The summed E-state index contributed by atoms with van der Waals surface area (Å²) in [6.45, 7) is 1.65. The Kier molecular flexibility index (Phi) is 5.21. The first-order valence-corrected chi connectivity index (χ1v) is 7.44. The van der Waals surface area contributed by atoms with Crippen molar-refractivity contribution < 1.29 is 14.4 Å². The maximum Gasteiger partial charge on any atom is 0.329 e. The first-order chi connectivity index (χ1) is 11.0. The molecule has 0 radical (unpaired) electrons. The van der Waals surface area contributed by atoms with Crippen molar-refractivity contribution in [3.63, 3.8) is 0 Å². The zero-order valence-corrected chi connectivity index (χ0v) is 13.0. The van der Waals surface area contributed by atoms with Crippen molar-refractivity contribution in [3.8, 4) is 0 Å².